The molecule has 3 heterocycles. The first-order valence-electron chi connectivity index (χ1n) is 11.1. The molecule has 2 unspecified atom stereocenters. The van der Waals surface area contributed by atoms with Crippen molar-refractivity contribution in [2.24, 2.45) is 17.8 Å². The average Bonchev–Trinajstić information content (AvgIpc) is 3.67. The number of allylic oxidation sites excluding steroid dienone is 1. The Morgan fingerprint density at radius 2 is 1.76 bits per heavy atom. The summed E-state index contributed by atoms with van der Waals surface area (Å²) in [5.41, 5.74) is 3.70. The minimum absolute atomic E-state index is 0.314. The lowest BCUT2D eigenvalue weighted by Gasteiger charge is -2.21. The number of carboxylic acids is 1. The molecule has 3 aromatic rings. The van der Waals surface area contributed by atoms with E-state index in [0.717, 1.165) is 42.9 Å². The van der Waals surface area contributed by atoms with Crippen LogP contribution >= 0.6 is 23.2 Å². The first-order valence-corrected chi connectivity index (χ1v) is 11.8. The van der Waals surface area contributed by atoms with Gasteiger partial charge in [0.2, 0.25) is 0 Å². The first kappa shape index (κ1) is 20.8. The molecule has 6 nitrogen and oxygen atoms in total. The summed E-state index contributed by atoms with van der Waals surface area (Å²) >= 11 is 12.8. The number of anilines is 1. The Bertz CT molecular complexity index is 1230. The van der Waals surface area contributed by atoms with Crippen LogP contribution in [0.1, 0.15) is 40.4 Å². The third-order valence-electron chi connectivity index (χ3n) is 7.02. The van der Waals surface area contributed by atoms with Crippen molar-refractivity contribution in [1.82, 2.24) is 10.1 Å². The van der Waals surface area contributed by atoms with Crippen LogP contribution in [0.3, 0.4) is 0 Å². The fourth-order valence-electron chi connectivity index (χ4n) is 5.02. The summed E-state index contributed by atoms with van der Waals surface area (Å²) < 4.78 is 5.74. The van der Waals surface area contributed by atoms with Gasteiger partial charge >= 0.3 is 5.97 Å². The summed E-state index contributed by atoms with van der Waals surface area (Å²) in [5.74, 6) is 2.13. The summed E-state index contributed by atoms with van der Waals surface area (Å²) in [5, 5.41) is 14.3. The lowest BCUT2D eigenvalue weighted by Crippen LogP contribution is -2.23. The number of benzene rings is 1. The van der Waals surface area contributed by atoms with Gasteiger partial charge in [-0.25, -0.2) is 4.79 Å². The molecule has 2 atom stereocenters. The number of aromatic carboxylic acids is 1. The van der Waals surface area contributed by atoms with Gasteiger partial charge in [0, 0.05) is 48.2 Å². The minimum atomic E-state index is -0.899. The van der Waals surface area contributed by atoms with Crippen molar-refractivity contribution in [2.45, 2.75) is 18.8 Å². The van der Waals surface area contributed by atoms with Crippen LogP contribution in [-0.2, 0) is 0 Å². The zero-order valence-corrected chi connectivity index (χ0v) is 19.1. The van der Waals surface area contributed by atoms with Gasteiger partial charge in [-0.3, -0.25) is 4.98 Å². The van der Waals surface area contributed by atoms with Crippen molar-refractivity contribution in [3.63, 3.8) is 0 Å². The normalized spacial score (nSPS) is 23.8. The summed E-state index contributed by atoms with van der Waals surface area (Å²) in [6, 6.07) is 7.13. The van der Waals surface area contributed by atoms with Crippen LogP contribution in [0.25, 0.3) is 17.3 Å². The van der Waals surface area contributed by atoms with Gasteiger partial charge in [0.05, 0.1) is 15.6 Å². The number of piperidine rings is 1. The molecular weight excluding hydrogens is 461 g/mol. The molecular formula is C25H21Cl2N3O3. The predicted molar refractivity (Wildman–Crippen MR) is 127 cm³/mol. The lowest BCUT2D eigenvalue weighted by atomic mass is 10.0. The highest BCUT2D eigenvalue weighted by molar-refractivity contribution is 6.39. The van der Waals surface area contributed by atoms with E-state index in [4.69, 9.17) is 32.8 Å². The number of halogens is 2. The molecule has 2 saturated carbocycles. The van der Waals surface area contributed by atoms with Crippen molar-refractivity contribution in [3.8, 4) is 11.3 Å². The van der Waals surface area contributed by atoms with Crippen LogP contribution in [-0.4, -0.2) is 34.3 Å². The maximum Gasteiger partial charge on any atom is 0.335 e. The second-order valence-corrected chi connectivity index (χ2v) is 9.90. The number of pyridine rings is 1. The number of carbonyl (C=O) groups is 1. The van der Waals surface area contributed by atoms with E-state index in [1.165, 1.54) is 0 Å². The molecule has 3 aliphatic rings. The number of hydrogen-bond acceptors (Lipinski definition) is 5. The largest absolute Gasteiger partial charge is 0.478 e. The molecule has 0 amide bonds. The number of fused-ring (bicyclic) bond motifs is 1. The Kier molecular flexibility index (Phi) is 4.96. The molecule has 168 valence electrons. The molecule has 1 N–H and O–H groups in total. The van der Waals surface area contributed by atoms with Crippen molar-refractivity contribution < 1.29 is 14.4 Å². The van der Waals surface area contributed by atoms with E-state index in [1.54, 1.807) is 24.5 Å². The van der Waals surface area contributed by atoms with E-state index in [1.807, 2.05) is 12.1 Å². The van der Waals surface area contributed by atoms with Gasteiger partial charge in [-0.2, -0.15) is 0 Å². The molecule has 6 rings (SSSR count). The van der Waals surface area contributed by atoms with E-state index in [9.17, 15) is 4.79 Å². The van der Waals surface area contributed by atoms with Crippen molar-refractivity contribution in [2.75, 3.05) is 18.0 Å². The molecule has 3 fully saturated rings. The van der Waals surface area contributed by atoms with Gasteiger partial charge in [-0.05, 0) is 54.9 Å². The Balaban J connectivity index is 1.20. The molecule has 1 aliphatic heterocycles. The Morgan fingerprint density at radius 1 is 1.09 bits per heavy atom. The fraction of sp³-hybridized carbons (Fsp3) is 0.320. The van der Waals surface area contributed by atoms with Crippen LogP contribution in [0.2, 0.25) is 10.0 Å². The average molecular weight is 482 g/mol. The Labute approximate surface area is 200 Å². The molecule has 33 heavy (non-hydrogen) atoms. The van der Waals surface area contributed by atoms with Crippen LogP contribution in [0.15, 0.2) is 47.3 Å². The third-order valence-corrected chi connectivity index (χ3v) is 7.59. The van der Waals surface area contributed by atoms with Crippen LogP contribution in [0, 0.1) is 17.8 Å². The van der Waals surface area contributed by atoms with Gasteiger partial charge in [0.1, 0.15) is 11.5 Å². The molecule has 2 aliphatic carbocycles. The Morgan fingerprint density at radius 3 is 2.36 bits per heavy atom. The molecule has 0 radical (unpaired) electrons. The molecule has 8 heteroatoms. The monoisotopic (exact) mass is 481 g/mol. The predicted octanol–water partition coefficient (Wildman–Crippen LogP) is 6.01. The van der Waals surface area contributed by atoms with Crippen LogP contribution in [0.4, 0.5) is 5.69 Å². The highest BCUT2D eigenvalue weighted by Crippen LogP contribution is 2.54. The lowest BCUT2D eigenvalue weighted by molar-refractivity contribution is 0.0697. The number of nitrogens with zero attached hydrogens (tertiary/aromatic N) is 3. The summed E-state index contributed by atoms with van der Waals surface area (Å²) in [6.45, 7) is 1.94. The minimum Gasteiger partial charge on any atom is -0.478 e. The molecule has 2 aromatic heterocycles. The maximum atomic E-state index is 11.1. The van der Waals surface area contributed by atoms with E-state index in [2.05, 4.69) is 27.2 Å². The number of carboxylic acid groups (broad SMARTS) is 1. The number of hydrogen-bond donors (Lipinski definition) is 1. The highest BCUT2D eigenvalue weighted by Gasteiger charge is 2.54. The third kappa shape index (κ3) is 3.71. The molecule has 1 saturated heterocycles. The fourth-order valence-corrected chi connectivity index (χ4v) is 5.56. The van der Waals surface area contributed by atoms with E-state index >= 15 is 0 Å². The van der Waals surface area contributed by atoms with Gasteiger partial charge in [0.25, 0.3) is 0 Å². The summed E-state index contributed by atoms with van der Waals surface area (Å²) in [4.78, 5) is 17.5. The van der Waals surface area contributed by atoms with Crippen molar-refractivity contribution in [3.05, 3.63) is 69.7 Å². The van der Waals surface area contributed by atoms with Crippen LogP contribution in [0.5, 0.6) is 0 Å². The van der Waals surface area contributed by atoms with Gasteiger partial charge in [0.15, 0.2) is 0 Å². The topological polar surface area (TPSA) is 79.5 Å². The molecule has 0 spiro atoms. The standard InChI is InChI=1S/C25H21Cl2N3O3/c26-20-9-28-10-21(27)22(20)23-17(24(33-29-23)13-1-2-13)8-7-16-18-11-30(12-19(16)18)15-5-3-14(4-6-15)25(31)32/h3-10,13,16,18-19H,1-2,11-12H2,(H,31,32). The number of rotatable bonds is 6. The van der Waals surface area contributed by atoms with Crippen molar-refractivity contribution >= 4 is 40.9 Å². The summed E-state index contributed by atoms with van der Waals surface area (Å²) in [6.07, 6.45) is 9.79. The zero-order chi connectivity index (χ0) is 22.7. The van der Waals surface area contributed by atoms with Gasteiger partial charge < -0.3 is 14.5 Å². The number of aromatic nitrogens is 2. The van der Waals surface area contributed by atoms with Gasteiger partial charge in [-0.15, -0.1) is 0 Å². The Hall–Kier alpha value is -2.83. The second-order valence-electron chi connectivity index (χ2n) is 9.08. The quantitative estimate of drug-likeness (QED) is 0.463. The molecule has 0 bridgehead atoms. The zero-order valence-electron chi connectivity index (χ0n) is 17.6. The maximum absolute atomic E-state index is 11.1. The van der Waals surface area contributed by atoms with Crippen molar-refractivity contribution in [1.29, 1.82) is 0 Å². The van der Waals surface area contributed by atoms with E-state index < -0.39 is 5.97 Å². The van der Waals surface area contributed by atoms with E-state index in [-0.39, 0.29) is 0 Å². The second kappa shape index (κ2) is 7.89. The summed E-state index contributed by atoms with van der Waals surface area (Å²) in [7, 11) is 0. The highest BCUT2D eigenvalue weighted by atomic mass is 35.5. The molecule has 1 aromatic carbocycles. The smallest absolute Gasteiger partial charge is 0.335 e. The van der Waals surface area contributed by atoms with Gasteiger partial charge in [-0.1, -0.05) is 40.5 Å². The van der Waals surface area contributed by atoms with E-state index in [0.29, 0.717) is 50.5 Å². The SMILES string of the molecule is O=C(O)c1ccc(N2CC3C(C=Cc4c(-c5c(Cl)cncc5Cl)noc4C4CC4)C3C2)cc1. The first-order chi connectivity index (χ1) is 16.0. The van der Waals surface area contributed by atoms with Crippen LogP contribution < -0.4 is 4.90 Å².